The van der Waals surface area contributed by atoms with Gasteiger partial charge in [0.2, 0.25) is 0 Å². The number of anilines is 3. The Hall–Kier alpha value is -2.31. The maximum atomic E-state index is 13.9. The van der Waals surface area contributed by atoms with Gasteiger partial charge in [0.15, 0.2) is 17.5 Å². The molecule has 1 N–H and O–H groups in total. The molecule has 134 valence electrons. The Kier molecular flexibility index (Phi) is 5.11. The summed E-state index contributed by atoms with van der Waals surface area (Å²) in [5.74, 6) is -2.33. The van der Waals surface area contributed by atoms with Crippen LogP contribution in [0.2, 0.25) is 0 Å². The van der Waals surface area contributed by atoms with Crippen molar-refractivity contribution in [1.82, 2.24) is 9.97 Å². The van der Waals surface area contributed by atoms with Crippen molar-refractivity contribution in [3.05, 3.63) is 41.5 Å². The monoisotopic (exact) mass is 350 g/mol. The zero-order valence-corrected chi connectivity index (χ0v) is 14.3. The van der Waals surface area contributed by atoms with Crippen LogP contribution in [0, 0.1) is 24.4 Å². The third kappa shape index (κ3) is 3.70. The molecule has 3 rings (SSSR count). The Balaban J connectivity index is 1.91. The molecule has 1 aromatic heterocycles. The van der Waals surface area contributed by atoms with E-state index in [2.05, 4.69) is 27.1 Å². The van der Waals surface area contributed by atoms with Gasteiger partial charge in [-0.15, -0.1) is 0 Å². The number of halogens is 3. The third-order valence-electron chi connectivity index (χ3n) is 4.52. The van der Waals surface area contributed by atoms with Crippen LogP contribution in [-0.4, -0.2) is 22.6 Å². The molecule has 0 saturated carbocycles. The summed E-state index contributed by atoms with van der Waals surface area (Å²) in [6.07, 6.45) is 4.42. The molecule has 7 heteroatoms. The van der Waals surface area contributed by atoms with Crippen LogP contribution >= 0.6 is 0 Å². The molecule has 0 bridgehead atoms. The van der Waals surface area contributed by atoms with Gasteiger partial charge in [0.25, 0.3) is 0 Å². The highest BCUT2D eigenvalue weighted by Gasteiger charge is 2.23. The average molecular weight is 350 g/mol. The normalized spacial score (nSPS) is 17.6. The number of nitrogens with one attached hydrogen (secondary N) is 1. The number of benzene rings is 1. The predicted octanol–water partition coefficient (Wildman–Crippen LogP) is 4.71. The van der Waals surface area contributed by atoms with E-state index in [-0.39, 0.29) is 5.69 Å². The third-order valence-corrected chi connectivity index (χ3v) is 4.52. The molecule has 0 spiro atoms. The summed E-state index contributed by atoms with van der Waals surface area (Å²) in [7, 11) is 0. The molecule has 0 aliphatic carbocycles. The minimum absolute atomic E-state index is 0.159. The number of nitrogens with zero attached hydrogens (tertiary/aromatic N) is 3. The zero-order valence-electron chi connectivity index (χ0n) is 14.3. The van der Waals surface area contributed by atoms with Gasteiger partial charge in [-0.3, -0.25) is 0 Å². The summed E-state index contributed by atoms with van der Waals surface area (Å²) in [6, 6.07) is 4.17. The van der Waals surface area contributed by atoms with E-state index < -0.39 is 17.5 Å². The summed E-state index contributed by atoms with van der Waals surface area (Å²) < 4.78 is 40.4. The van der Waals surface area contributed by atoms with E-state index in [1.807, 2.05) is 0 Å². The van der Waals surface area contributed by atoms with Crippen molar-refractivity contribution in [2.45, 2.75) is 45.6 Å². The van der Waals surface area contributed by atoms with E-state index in [4.69, 9.17) is 0 Å². The first-order valence-electron chi connectivity index (χ1n) is 8.52. The maximum absolute atomic E-state index is 13.9. The van der Waals surface area contributed by atoms with Crippen LogP contribution in [0.4, 0.5) is 30.5 Å². The first kappa shape index (κ1) is 17.5. The summed E-state index contributed by atoms with van der Waals surface area (Å²) in [5, 5.41) is 2.73. The van der Waals surface area contributed by atoms with Crippen molar-refractivity contribution >= 4 is 17.3 Å². The summed E-state index contributed by atoms with van der Waals surface area (Å²) >= 11 is 0. The molecule has 2 aromatic rings. The highest BCUT2D eigenvalue weighted by Crippen LogP contribution is 2.28. The largest absolute Gasteiger partial charge is 0.353 e. The quantitative estimate of drug-likeness (QED) is 0.811. The van der Waals surface area contributed by atoms with Crippen molar-refractivity contribution in [2.24, 2.45) is 0 Å². The van der Waals surface area contributed by atoms with Gasteiger partial charge in [0.05, 0.1) is 5.69 Å². The first-order chi connectivity index (χ1) is 12.0. The summed E-state index contributed by atoms with van der Waals surface area (Å²) in [6.45, 7) is 4.81. The van der Waals surface area contributed by atoms with Gasteiger partial charge in [-0.2, -0.15) is 0 Å². The number of aryl methyl sites for hydroxylation is 1. The van der Waals surface area contributed by atoms with Gasteiger partial charge in [0.1, 0.15) is 17.5 Å². The van der Waals surface area contributed by atoms with Crippen LogP contribution in [0.15, 0.2) is 18.2 Å². The predicted molar refractivity (Wildman–Crippen MR) is 91.6 cm³/mol. The van der Waals surface area contributed by atoms with E-state index in [1.54, 1.807) is 13.0 Å². The Bertz CT molecular complexity index is 766. The van der Waals surface area contributed by atoms with E-state index in [0.29, 0.717) is 17.7 Å². The van der Waals surface area contributed by atoms with Crippen molar-refractivity contribution in [2.75, 3.05) is 16.8 Å². The molecule has 1 aromatic carbocycles. The topological polar surface area (TPSA) is 41.0 Å². The van der Waals surface area contributed by atoms with Crippen LogP contribution < -0.4 is 10.2 Å². The zero-order chi connectivity index (χ0) is 18.0. The van der Waals surface area contributed by atoms with Gasteiger partial charge in [-0.05, 0) is 44.7 Å². The molecule has 4 nitrogen and oxygen atoms in total. The van der Waals surface area contributed by atoms with Crippen molar-refractivity contribution in [3.63, 3.8) is 0 Å². The Labute approximate surface area is 145 Å². The molecule has 1 aliphatic heterocycles. The van der Waals surface area contributed by atoms with Gasteiger partial charge in [0, 0.05) is 18.7 Å². The lowest BCUT2D eigenvalue weighted by atomic mass is 10.00. The van der Waals surface area contributed by atoms with E-state index in [1.165, 1.54) is 6.42 Å². The van der Waals surface area contributed by atoms with Crippen LogP contribution in [0.25, 0.3) is 0 Å². The number of hydrogen-bond acceptors (Lipinski definition) is 4. The molecule has 2 heterocycles. The van der Waals surface area contributed by atoms with Crippen LogP contribution in [0.1, 0.15) is 38.4 Å². The molecular formula is C18H21F3N4. The van der Waals surface area contributed by atoms with Crippen LogP contribution in [-0.2, 0) is 0 Å². The van der Waals surface area contributed by atoms with E-state index in [0.717, 1.165) is 43.8 Å². The van der Waals surface area contributed by atoms with Crippen LogP contribution in [0.3, 0.4) is 0 Å². The van der Waals surface area contributed by atoms with E-state index >= 15 is 0 Å². The standard InChI is InChI=1S/C18H21F3N4/c1-3-12-6-4-5-9-25(12)16-10-15(22-11(2)23-16)24-14-8-7-13(19)17(20)18(14)21/h7-8,10,12H,3-6,9H2,1-2H3,(H,22,23,24). The molecule has 1 saturated heterocycles. The van der Waals surface area contributed by atoms with Gasteiger partial charge in [-0.1, -0.05) is 6.92 Å². The lowest BCUT2D eigenvalue weighted by Crippen LogP contribution is -2.39. The molecular weight excluding hydrogens is 329 g/mol. The fraction of sp³-hybridized carbons (Fsp3) is 0.444. The molecule has 1 aliphatic rings. The highest BCUT2D eigenvalue weighted by molar-refractivity contribution is 5.60. The lowest BCUT2D eigenvalue weighted by molar-refractivity contribution is 0.446. The molecule has 25 heavy (non-hydrogen) atoms. The SMILES string of the molecule is CCC1CCCCN1c1cc(Nc2ccc(F)c(F)c2F)nc(C)n1. The second-order valence-electron chi connectivity index (χ2n) is 6.26. The maximum Gasteiger partial charge on any atom is 0.196 e. The Morgan fingerprint density at radius 3 is 2.72 bits per heavy atom. The fourth-order valence-electron chi connectivity index (χ4n) is 3.25. The molecule has 1 unspecified atom stereocenters. The highest BCUT2D eigenvalue weighted by atomic mass is 19.2. The smallest absolute Gasteiger partial charge is 0.196 e. The molecule has 1 atom stereocenters. The van der Waals surface area contributed by atoms with Crippen molar-refractivity contribution in [3.8, 4) is 0 Å². The van der Waals surface area contributed by atoms with Gasteiger partial charge < -0.3 is 10.2 Å². The fourth-order valence-corrected chi connectivity index (χ4v) is 3.25. The minimum Gasteiger partial charge on any atom is -0.353 e. The number of piperidine rings is 1. The average Bonchev–Trinajstić information content (AvgIpc) is 2.61. The lowest BCUT2D eigenvalue weighted by Gasteiger charge is -2.36. The van der Waals surface area contributed by atoms with Gasteiger partial charge in [-0.25, -0.2) is 23.1 Å². The molecule has 1 fully saturated rings. The van der Waals surface area contributed by atoms with Crippen molar-refractivity contribution in [1.29, 1.82) is 0 Å². The molecule has 0 amide bonds. The Morgan fingerprint density at radius 1 is 1.16 bits per heavy atom. The molecule has 0 radical (unpaired) electrons. The van der Waals surface area contributed by atoms with Crippen molar-refractivity contribution < 1.29 is 13.2 Å². The second kappa shape index (κ2) is 7.29. The Morgan fingerprint density at radius 2 is 1.96 bits per heavy atom. The second-order valence-corrected chi connectivity index (χ2v) is 6.26. The summed E-state index contributed by atoms with van der Waals surface area (Å²) in [5.41, 5.74) is -0.159. The van der Waals surface area contributed by atoms with Gasteiger partial charge >= 0.3 is 0 Å². The minimum atomic E-state index is -1.50. The first-order valence-corrected chi connectivity index (χ1v) is 8.52. The number of rotatable bonds is 4. The number of hydrogen-bond donors (Lipinski definition) is 1. The van der Waals surface area contributed by atoms with Crippen LogP contribution in [0.5, 0.6) is 0 Å². The number of aromatic nitrogens is 2. The summed E-state index contributed by atoms with van der Waals surface area (Å²) in [4.78, 5) is 11.0. The van der Waals surface area contributed by atoms with E-state index in [9.17, 15) is 13.2 Å².